The summed E-state index contributed by atoms with van der Waals surface area (Å²) in [5.74, 6) is 0. The number of benzene rings is 2. The van der Waals surface area contributed by atoms with Gasteiger partial charge in [-0.25, -0.2) is 0 Å². The molecule has 0 atom stereocenters. The van der Waals surface area contributed by atoms with Crippen molar-refractivity contribution in [1.29, 1.82) is 5.26 Å². The van der Waals surface area contributed by atoms with E-state index in [1.165, 1.54) is 0 Å². The summed E-state index contributed by atoms with van der Waals surface area (Å²) in [5, 5.41) is 12.9. The van der Waals surface area contributed by atoms with E-state index < -0.39 is 0 Å². The summed E-state index contributed by atoms with van der Waals surface area (Å²) in [7, 11) is 0. The van der Waals surface area contributed by atoms with Gasteiger partial charge < -0.3 is 5.43 Å². The lowest BCUT2D eigenvalue weighted by atomic mass is 10.0. The first-order valence-electron chi connectivity index (χ1n) is 6.20. The molecule has 2 rings (SSSR count). The van der Waals surface area contributed by atoms with Crippen molar-refractivity contribution in [3.05, 3.63) is 71.8 Å². The SMILES string of the molecule is N#CCCNN=C(c1ccccc1)c1ccccc1. The monoisotopic (exact) mass is 249 g/mol. The number of hydrogen-bond acceptors (Lipinski definition) is 3. The summed E-state index contributed by atoms with van der Waals surface area (Å²) >= 11 is 0. The Hall–Kier alpha value is -2.60. The van der Waals surface area contributed by atoms with Crippen LogP contribution in [0.5, 0.6) is 0 Å². The minimum atomic E-state index is 0.445. The molecule has 0 spiro atoms. The molecule has 2 aromatic carbocycles. The van der Waals surface area contributed by atoms with Crippen molar-refractivity contribution >= 4 is 5.71 Å². The van der Waals surface area contributed by atoms with Crippen molar-refractivity contribution in [2.75, 3.05) is 6.54 Å². The Morgan fingerprint density at radius 2 is 1.47 bits per heavy atom. The highest BCUT2D eigenvalue weighted by Gasteiger charge is 2.05. The molecular weight excluding hydrogens is 234 g/mol. The average molecular weight is 249 g/mol. The minimum absolute atomic E-state index is 0.445. The van der Waals surface area contributed by atoms with E-state index in [1.807, 2.05) is 60.7 Å². The summed E-state index contributed by atoms with van der Waals surface area (Å²) in [6.45, 7) is 0.555. The van der Waals surface area contributed by atoms with E-state index >= 15 is 0 Å². The number of nitrogens with one attached hydrogen (secondary N) is 1. The van der Waals surface area contributed by atoms with Crippen LogP contribution in [0.2, 0.25) is 0 Å². The fourth-order valence-corrected chi connectivity index (χ4v) is 1.73. The molecule has 19 heavy (non-hydrogen) atoms. The predicted octanol–water partition coefficient (Wildman–Crippen LogP) is 2.94. The zero-order chi connectivity index (χ0) is 13.3. The lowest BCUT2D eigenvalue weighted by Gasteiger charge is -2.07. The second-order valence-electron chi connectivity index (χ2n) is 4.01. The number of nitrogens with zero attached hydrogens (tertiary/aromatic N) is 2. The molecule has 3 nitrogen and oxygen atoms in total. The van der Waals surface area contributed by atoms with E-state index in [4.69, 9.17) is 5.26 Å². The number of hydrogen-bond donors (Lipinski definition) is 1. The quantitative estimate of drug-likeness (QED) is 0.503. The van der Waals surface area contributed by atoms with Gasteiger partial charge in [-0.05, 0) is 0 Å². The molecule has 2 aromatic rings. The Labute approximate surface area is 113 Å². The van der Waals surface area contributed by atoms with Crippen LogP contribution in [0.15, 0.2) is 65.8 Å². The van der Waals surface area contributed by atoms with Crippen LogP contribution in [-0.4, -0.2) is 12.3 Å². The van der Waals surface area contributed by atoms with Gasteiger partial charge in [0.2, 0.25) is 0 Å². The fourth-order valence-electron chi connectivity index (χ4n) is 1.73. The molecule has 1 N–H and O–H groups in total. The summed E-state index contributed by atoms with van der Waals surface area (Å²) in [6.07, 6.45) is 0.445. The van der Waals surface area contributed by atoms with Gasteiger partial charge >= 0.3 is 0 Å². The van der Waals surface area contributed by atoms with E-state index in [0.717, 1.165) is 16.8 Å². The van der Waals surface area contributed by atoms with Crippen molar-refractivity contribution in [1.82, 2.24) is 5.43 Å². The highest BCUT2D eigenvalue weighted by atomic mass is 15.3. The van der Waals surface area contributed by atoms with Crippen LogP contribution in [-0.2, 0) is 0 Å². The number of rotatable bonds is 5. The summed E-state index contributed by atoms with van der Waals surface area (Å²) in [6, 6.07) is 22.1. The molecule has 0 aliphatic heterocycles. The van der Waals surface area contributed by atoms with Crippen LogP contribution in [0, 0.1) is 11.3 Å². The first-order valence-corrected chi connectivity index (χ1v) is 6.20. The molecule has 0 aromatic heterocycles. The maximum Gasteiger partial charge on any atom is 0.0973 e. The lowest BCUT2D eigenvalue weighted by Crippen LogP contribution is -2.13. The molecule has 0 aliphatic rings. The van der Waals surface area contributed by atoms with Gasteiger partial charge in [0.05, 0.1) is 18.2 Å². The van der Waals surface area contributed by atoms with Gasteiger partial charge in [-0.15, -0.1) is 0 Å². The van der Waals surface area contributed by atoms with Gasteiger partial charge in [0.15, 0.2) is 0 Å². The molecular formula is C16H15N3. The zero-order valence-electron chi connectivity index (χ0n) is 10.6. The van der Waals surface area contributed by atoms with Crippen LogP contribution in [0.1, 0.15) is 17.5 Å². The summed E-state index contributed by atoms with van der Waals surface area (Å²) in [5.41, 5.74) is 5.94. The highest BCUT2D eigenvalue weighted by molar-refractivity contribution is 6.12. The molecule has 0 radical (unpaired) electrons. The first-order chi connectivity index (χ1) is 9.42. The molecule has 0 saturated heterocycles. The summed E-state index contributed by atoms with van der Waals surface area (Å²) < 4.78 is 0. The van der Waals surface area contributed by atoms with Crippen LogP contribution >= 0.6 is 0 Å². The standard InChI is InChI=1S/C16H15N3/c17-12-7-13-18-19-16(14-8-3-1-4-9-14)15-10-5-2-6-11-15/h1-6,8-11,18H,7,13H2. The topological polar surface area (TPSA) is 48.2 Å². The van der Waals surface area contributed by atoms with Gasteiger partial charge in [0.25, 0.3) is 0 Å². The summed E-state index contributed by atoms with van der Waals surface area (Å²) in [4.78, 5) is 0. The largest absolute Gasteiger partial charge is 0.308 e. The van der Waals surface area contributed by atoms with E-state index in [0.29, 0.717) is 13.0 Å². The Morgan fingerprint density at radius 1 is 0.947 bits per heavy atom. The third kappa shape index (κ3) is 3.68. The van der Waals surface area contributed by atoms with Crippen molar-refractivity contribution in [2.24, 2.45) is 5.10 Å². The Bertz CT molecular complexity index is 526. The third-order valence-corrected chi connectivity index (χ3v) is 2.63. The highest BCUT2D eigenvalue weighted by Crippen LogP contribution is 2.10. The van der Waals surface area contributed by atoms with E-state index in [9.17, 15) is 0 Å². The van der Waals surface area contributed by atoms with Crippen molar-refractivity contribution in [3.8, 4) is 6.07 Å². The van der Waals surface area contributed by atoms with E-state index in [-0.39, 0.29) is 0 Å². The van der Waals surface area contributed by atoms with Crippen molar-refractivity contribution in [2.45, 2.75) is 6.42 Å². The first kappa shape index (κ1) is 12.8. The van der Waals surface area contributed by atoms with Gasteiger partial charge in [0.1, 0.15) is 0 Å². The van der Waals surface area contributed by atoms with Gasteiger partial charge in [-0.3, -0.25) is 0 Å². The normalized spacial score (nSPS) is 9.42. The molecule has 0 unspecified atom stereocenters. The maximum atomic E-state index is 8.53. The molecule has 0 bridgehead atoms. The second-order valence-corrected chi connectivity index (χ2v) is 4.01. The van der Waals surface area contributed by atoms with E-state index in [2.05, 4.69) is 16.6 Å². The molecule has 0 amide bonds. The molecule has 0 fully saturated rings. The smallest absolute Gasteiger partial charge is 0.0973 e. The van der Waals surface area contributed by atoms with E-state index in [1.54, 1.807) is 0 Å². The van der Waals surface area contributed by atoms with Gasteiger partial charge in [-0.2, -0.15) is 10.4 Å². The Morgan fingerprint density at radius 3 is 1.95 bits per heavy atom. The van der Waals surface area contributed by atoms with Crippen molar-refractivity contribution in [3.63, 3.8) is 0 Å². The second kappa shape index (κ2) is 6.97. The molecule has 0 aliphatic carbocycles. The molecule has 3 heteroatoms. The van der Waals surface area contributed by atoms with Crippen LogP contribution in [0.3, 0.4) is 0 Å². The number of nitriles is 1. The number of hydrazone groups is 1. The molecule has 0 heterocycles. The Balaban J connectivity index is 2.27. The molecule has 94 valence electrons. The zero-order valence-corrected chi connectivity index (χ0v) is 10.6. The van der Waals surface area contributed by atoms with Crippen LogP contribution in [0.25, 0.3) is 0 Å². The van der Waals surface area contributed by atoms with Crippen LogP contribution in [0.4, 0.5) is 0 Å². The Kier molecular flexibility index (Phi) is 4.71. The lowest BCUT2D eigenvalue weighted by molar-refractivity contribution is 0.747. The third-order valence-electron chi connectivity index (χ3n) is 2.63. The van der Waals surface area contributed by atoms with Crippen LogP contribution < -0.4 is 5.43 Å². The predicted molar refractivity (Wildman–Crippen MR) is 76.8 cm³/mol. The van der Waals surface area contributed by atoms with Crippen molar-refractivity contribution < 1.29 is 0 Å². The van der Waals surface area contributed by atoms with Gasteiger partial charge in [0, 0.05) is 17.7 Å². The van der Waals surface area contributed by atoms with Gasteiger partial charge in [-0.1, -0.05) is 60.7 Å². The molecule has 0 saturated carbocycles. The average Bonchev–Trinajstić information content (AvgIpc) is 2.49. The fraction of sp³-hybridized carbons (Fsp3) is 0.125. The maximum absolute atomic E-state index is 8.53. The minimum Gasteiger partial charge on any atom is -0.308 e.